The molecule has 1 rings (SSSR count). The molecular formula is C13H21N3O4S. The van der Waals surface area contributed by atoms with Crippen LogP contribution in [0.25, 0.3) is 0 Å². The molecule has 0 aliphatic rings. The lowest BCUT2D eigenvalue weighted by Gasteiger charge is -2.09. The molecule has 0 aliphatic heterocycles. The first-order chi connectivity index (χ1) is 9.90. The second-order valence-corrected chi connectivity index (χ2v) is 6.27. The summed E-state index contributed by atoms with van der Waals surface area (Å²) in [5, 5.41) is 5.68. The summed E-state index contributed by atoms with van der Waals surface area (Å²) in [5.41, 5.74) is 1.29. The standard InChI is InChI=1S/C13H21N3O4S/c1-20-7-6-14-10-13(17)15-9-11-4-3-5-12(8-11)16-21(2,18)19/h3-5,8,14,16H,6-7,9-10H2,1-2H3,(H,15,17). The number of methoxy groups -OCH3 is 1. The van der Waals surface area contributed by atoms with Gasteiger partial charge >= 0.3 is 0 Å². The van der Waals surface area contributed by atoms with Gasteiger partial charge in [0.2, 0.25) is 15.9 Å². The van der Waals surface area contributed by atoms with Crippen molar-refractivity contribution in [3.05, 3.63) is 29.8 Å². The van der Waals surface area contributed by atoms with E-state index in [4.69, 9.17) is 4.74 Å². The van der Waals surface area contributed by atoms with E-state index in [1.165, 1.54) is 0 Å². The lowest BCUT2D eigenvalue weighted by atomic mass is 10.2. The highest BCUT2D eigenvalue weighted by molar-refractivity contribution is 7.92. The van der Waals surface area contributed by atoms with Gasteiger partial charge in [-0.25, -0.2) is 8.42 Å². The molecule has 0 saturated carbocycles. The molecule has 0 spiro atoms. The van der Waals surface area contributed by atoms with Gasteiger partial charge < -0.3 is 15.4 Å². The van der Waals surface area contributed by atoms with Gasteiger partial charge in [-0.15, -0.1) is 0 Å². The third-order valence-electron chi connectivity index (χ3n) is 2.49. The molecule has 21 heavy (non-hydrogen) atoms. The van der Waals surface area contributed by atoms with Crippen LogP contribution < -0.4 is 15.4 Å². The van der Waals surface area contributed by atoms with Gasteiger partial charge in [-0.05, 0) is 17.7 Å². The molecule has 1 amide bonds. The highest BCUT2D eigenvalue weighted by Crippen LogP contribution is 2.11. The van der Waals surface area contributed by atoms with Crippen LogP contribution in [0.4, 0.5) is 5.69 Å². The van der Waals surface area contributed by atoms with Gasteiger partial charge in [0.15, 0.2) is 0 Å². The first-order valence-corrected chi connectivity index (χ1v) is 8.33. The molecule has 3 N–H and O–H groups in total. The Morgan fingerprint density at radius 1 is 1.33 bits per heavy atom. The maximum Gasteiger partial charge on any atom is 0.234 e. The van der Waals surface area contributed by atoms with Crippen molar-refractivity contribution in [3.63, 3.8) is 0 Å². The Balaban J connectivity index is 2.41. The molecule has 1 aromatic carbocycles. The lowest BCUT2D eigenvalue weighted by Crippen LogP contribution is -2.34. The molecule has 0 atom stereocenters. The summed E-state index contributed by atoms with van der Waals surface area (Å²) >= 11 is 0. The highest BCUT2D eigenvalue weighted by Gasteiger charge is 2.04. The van der Waals surface area contributed by atoms with Crippen molar-refractivity contribution in [1.29, 1.82) is 0 Å². The van der Waals surface area contributed by atoms with E-state index < -0.39 is 10.0 Å². The number of benzene rings is 1. The summed E-state index contributed by atoms with van der Waals surface area (Å²) in [5.74, 6) is -0.132. The van der Waals surface area contributed by atoms with Crippen LogP contribution in [0.1, 0.15) is 5.56 Å². The molecule has 118 valence electrons. The Labute approximate surface area is 125 Å². The van der Waals surface area contributed by atoms with Gasteiger partial charge in [0.05, 0.1) is 19.4 Å². The first kappa shape index (κ1) is 17.4. The van der Waals surface area contributed by atoms with Crippen molar-refractivity contribution in [2.75, 3.05) is 37.8 Å². The normalized spacial score (nSPS) is 11.1. The molecule has 1 aromatic rings. The average molecular weight is 315 g/mol. The number of amides is 1. The van der Waals surface area contributed by atoms with Gasteiger partial charge in [-0.3, -0.25) is 9.52 Å². The van der Waals surface area contributed by atoms with Crippen LogP contribution in [-0.4, -0.2) is 47.4 Å². The van der Waals surface area contributed by atoms with E-state index >= 15 is 0 Å². The van der Waals surface area contributed by atoms with E-state index in [2.05, 4.69) is 15.4 Å². The number of anilines is 1. The van der Waals surface area contributed by atoms with Crippen LogP contribution in [0.5, 0.6) is 0 Å². The van der Waals surface area contributed by atoms with Gasteiger partial charge in [0, 0.05) is 25.9 Å². The Bertz CT molecular complexity index is 560. The summed E-state index contributed by atoms with van der Waals surface area (Å²) in [7, 11) is -1.71. The molecule has 0 fully saturated rings. The van der Waals surface area contributed by atoms with E-state index in [9.17, 15) is 13.2 Å². The van der Waals surface area contributed by atoms with Crippen molar-refractivity contribution in [2.45, 2.75) is 6.54 Å². The summed E-state index contributed by atoms with van der Waals surface area (Å²) in [6.07, 6.45) is 1.09. The Hall–Kier alpha value is -1.64. The fourth-order valence-electron chi connectivity index (χ4n) is 1.60. The SMILES string of the molecule is COCCNCC(=O)NCc1cccc(NS(C)(=O)=O)c1. The van der Waals surface area contributed by atoms with Crippen LogP contribution >= 0.6 is 0 Å². The first-order valence-electron chi connectivity index (χ1n) is 6.44. The third kappa shape index (κ3) is 8.28. The Morgan fingerprint density at radius 2 is 2.10 bits per heavy atom. The van der Waals surface area contributed by atoms with Crippen LogP contribution in [-0.2, 0) is 26.1 Å². The zero-order valence-electron chi connectivity index (χ0n) is 12.2. The maximum atomic E-state index is 11.6. The van der Waals surface area contributed by atoms with Crippen LogP contribution in [0.2, 0.25) is 0 Å². The largest absolute Gasteiger partial charge is 0.383 e. The van der Waals surface area contributed by atoms with Crippen LogP contribution in [0, 0.1) is 0 Å². The molecule has 7 nitrogen and oxygen atoms in total. The Morgan fingerprint density at radius 3 is 2.76 bits per heavy atom. The smallest absolute Gasteiger partial charge is 0.234 e. The lowest BCUT2D eigenvalue weighted by molar-refractivity contribution is -0.120. The number of ether oxygens (including phenoxy) is 1. The molecule has 0 bridgehead atoms. The number of nitrogens with one attached hydrogen (secondary N) is 3. The fraction of sp³-hybridized carbons (Fsp3) is 0.462. The van der Waals surface area contributed by atoms with Crippen molar-refractivity contribution >= 4 is 21.6 Å². The van der Waals surface area contributed by atoms with Crippen molar-refractivity contribution in [2.24, 2.45) is 0 Å². The molecule has 0 saturated heterocycles. The molecule has 0 radical (unpaired) electrons. The van der Waals surface area contributed by atoms with Crippen molar-refractivity contribution in [1.82, 2.24) is 10.6 Å². The van der Waals surface area contributed by atoms with E-state index in [0.29, 0.717) is 25.4 Å². The van der Waals surface area contributed by atoms with E-state index in [0.717, 1.165) is 11.8 Å². The number of carbonyl (C=O) groups is 1. The van der Waals surface area contributed by atoms with Gasteiger partial charge in [-0.1, -0.05) is 12.1 Å². The summed E-state index contributed by atoms with van der Waals surface area (Å²) in [6.45, 7) is 1.71. The van der Waals surface area contributed by atoms with E-state index in [-0.39, 0.29) is 12.5 Å². The van der Waals surface area contributed by atoms with Crippen molar-refractivity contribution in [3.8, 4) is 0 Å². The van der Waals surface area contributed by atoms with Gasteiger partial charge in [0.25, 0.3) is 0 Å². The number of sulfonamides is 1. The fourth-order valence-corrected chi connectivity index (χ4v) is 2.15. The second-order valence-electron chi connectivity index (χ2n) is 4.52. The third-order valence-corrected chi connectivity index (χ3v) is 3.09. The van der Waals surface area contributed by atoms with E-state index in [1.54, 1.807) is 25.3 Å². The number of rotatable bonds is 9. The van der Waals surface area contributed by atoms with Crippen molar-refractivity contribution < 1.29 is 17.9 Å². The molecular weight excluding hydrogens is 294 g/mol. The molecule has 0 unspecified atom stereocenters. The second kappa shape index (κ2) is 8.60. The zero-order chi connectivity index (χ0) is 15.7. The summed E-state index contributed by atoms with van der Waals surface area (Å²) in [4.78, 5) is 11.6. The number of hydrogen-bond acceptors (Lipinski definition) is 5. The minimum atomic E-state index is -3.30. The summed E-state index contributed by atoms with van der Waals surface area (Å²) < 4.78 is 29.5. The zero-order valence-corrected chi connectivity index (χ0v) is 13.0. The quantitative estimate of drug-likeness (QED) is 0.554. The molecule has 0 aromatic heterocycles. The summed E-state index contributed by atoms with van der Waals surface area (Å²) in [6, 6.07) is 6.87. The predicted octanol–water partition coefficient (Wildman–Crippen LogP) is -0.0897. The van der Waals surface area contributed by atoms with Gasteiger partial charge in [-0.2, -0.15) is 0 Å². The monoisotopic (exact) mass is 315 g/mol. The molecule has 0 heterocycles. The van der Waals surface area contributed by atoms with Gasteiger partial charge in [0.1, 0.15) is 0 Å². The topological polar surface area (TPSA) is 96.5 Å². The maximum absolute atomic E-state index is 11.6. The highest BCUT2D eigenvalue weighted by atomic mass is 32.2. The van der Waals surface area contributed by atoms with Crippen LogP contribution in [0.3, 0.4) is 0 Å². The van der Waals surface area contributed by atoms with Crippen LogP contribution in [0.15, 0.2) is 24.3 Å². The molecule has 8 heteroatoms. The molecule has 0 aliphatic carbocycles. The minimum absolute atomic E-state index is 0.132. The minimum Gasteiger partial charge on any atom is -0.383 e. The number of carbonyl (C=O) groups excluding carboxylic acids is 1. The Kier molecular flexibility index (Phi) is 7.13. The average Bonchev–Trinajstić information content (AvgIpc) is 2.40. The number of hydrogen-bond donors (Lipinski definition) is 3. The predicted molar refractivity (Wildman–Crippen MR) is 81.5 cm³/mol. The van der Waals surface area contributed by atoms with E-state index in [1.807, 2.05) is 6.07 Å².